The van der Waals surface area contributed by atoms with Crippen LogP contribution in [0.1, 0.15) is 24.0 Å². The monoisotopic (exact) mass is 287 g/mol. The van der Waals surface area contributed by atoms with Gasteiger partial charge in [0.15, 0.2) is 0 Å². The first-order valence-electron chi connectivity index (χ1n) is 7.18. The summed E-state index contributed by atoms with van der Waals surface area (Å²) in [4.78, 5) is 12.1. The standard InChI is InChI=1S/C16H18FN3O/c1-11-6-14(17)5-4-13(11)10-20-16(21)7-15(9-19-20)18-8-12-2-3-12/h4-7,9,12,18H,2-3,8,10H2,1H3. The van der Waals surface area contributed by atoms with E-state index in [2.05, 4.69) is 10.4 Å². The highest BCUT2D eigenvalue weighted by Crippen LogP contribution is 2.28. The summed E-state index contributed by atoms with van der Waals surface area (Å²) in [5.74, 6) is 0.477. The molecular formula is C16H18FN3O. The van der Waals surface area contributed by atoms with E-state index in [1.807, 2.05) is 6.92 Å². The summed E-state index contributed by atoms with van der Waals surface area (Å²) in [5.41, 5.74) is 2.32. The molecule has 2 aromatic rings. The van der Waals surface area contributed by atoms with Crippen LogP contribution >= 0.6 is 0 Å². The second-order valence-electron chi connectivity index (χ2n) is 5.64. The molecule has 1 heterocycles. The third kappa shape index (κ3) is 3.48. The lowest BCUT2D eigenvalue weighted by Gasteiger charge is -2.09. The van der Waals surface area contributed by atoms with Crippen LogP contribution in [0.25, 0.3) is 0 Å². The number of nitrogens with one attached hydrogen (secondary N) is 1. The number of aromatic nitrogens is 2. The molecule has 0 aliphatic heterocycles. The van der Waals surface area contributed by atoms with E-state index in [9.17, 15) is 9.18 Å². The largest absolute Gasteiger partial charge is 0.383 e. The van der Waals surface area contributed by atoms with Gasteiger partial charge in [-0.2, -0.15) is 5.10 Å². The van der Waals surface area contributed by atoms with Crippen molar-refractivity contribution in [3.8, 4) is 0 Å². The van der Waals surface area contributed by atoms with Crippen LogP contribution in [0.2, 0.25) is 0 Å². The summed E-state index contributed by atoms with van der Waals surface area (Å²) in [6, 6.07) is 6.12. The number of hydrogen-bond acceptors (Lipinski definition) is 3. The van der Waals surface area contributed by atoms with Crippen molar-refractivity contribution in [3.05, 3.63) is 57.8 Å². The number of nitrogens with zero attached hydrogens (tertiary/aromatic N) is 2. The van der Waals surface area contributed by atoms with Crippen LogP contribution in [0.4, 0.5) is 10.1 Å². The zero-order valence-electron chi connectivity index (χ0n) is 12.0. The molecule has 0 saturated heterocycles. The summed E-state index contributed by atoms with van der Waals surface area (Å²) < 4.78 is 14.5. The summed E-state index contributed by atoms with van der Waals surface area (Å²) >= 11 is 0. The topological polar surface area (TPSA) is 46.9 Å². The van der Waals surface area contributed by atoms with Gasteiger partial charge >= 0.3 is 0 Å². The molecular weight excluding hydrogens is 269 g/mol. The molecule has 0 unspecified atom stereocenters. The van der Waals surface area contributed by atoms with Crippen molar-refractivity contribution in [2.24, 2.45) is 5.92 Å². The summed E-state index contributed by atoms with van der Waals surface area (Å²) in [6.45, 7) is 3.09. The fourth-order valence-electron chi connectivity index (χ4n) is 2.23. The van der Waals surface area contributed by atoms with Gasteiger partial charge in [0, 0.05) is 12.6 Å². The van der Waals surface area contributed by atoms with Gasteiger partial charge in [-0.15, -0.1) is 0 Å². The van der Waals surface area contributed by atoms with E-state index in [1.54, 1.807) is 18.3 Å². The highest BCUT2D eigenvalue weighted by Gasteiger charge is 2.20. The average molecular weight is 287 g/mol. The molecule has 1 aromatic heterocycles. The van der Waals surface area contributed by atoms with Crippen LogP contribution in [0.5, 0.6) is 0 Å². The molecule has 0 radical (unpaired) electrons. The lowest BCUT2D eigenvalue weighted by atomic mass is 10.1. The zero-order chi connectivity index (χ0) is 14.8. The van der Waals surface area contributed by atoms with E-state index >= 15 is 0 Å². The Labute approximate surface area is 122 Å². The highest BCUT2D eigenvalue weighted by molar-refractivity contribution is 5.39. The fraction of sp³-hybridized carbons (Fsp3) is 0.375. The molecule has 4 nitrogen and oxygen atoms in total. The Morgan fingerprint density at radius 2 is 2.19 bits per heavy atom. The minimum absolute atomic E-state index is 0.153. The first-order chi connectivity index (χ1) is 10.1. The maximum atomic E-state index is 13.1. The number of hydrogen-bond donors (Lipinski definition) is 1. The Kier molecular flexibility index (Phi) is 3.73. The Hall–Kier alpha value is -2.17. The van der Waals surface area contributed by atoms with Crippen LogP contribution in [0.3, 0.4) is 0 Å². The quantitative estimate of drug-likeness (QED) is 0.919. The lowest BCUT2D eigenvalue weighted by molar-refractivity contribution is 0.616. The molecule has 1 aliphatic carbocycles. The lowest BCUT2D eigenvalue weighted by Crippen LogP contribution is -2.23. The number of anilines is 1. The van der Waals surface area contributed by atoms with Crippen LogP contribution in [-0.4, -0.2) is 16.3 Å². The van der Waals surface area contributed by atoms with Crippen LogP contribution in [-0.2, 0) is 6.54 Å². The zero-order valence-corrected chi connectivity index (χ0v) is 12.0. The number of halogens is 1. The number of rotatable bonds is 5. The Morgan fingerprint density at radius 1 is 1.38 bits per heavy atom. The van der Waals surface area contributed by atoms with E-state index in [0.29, 0.717) is 6.54 Å². The van der Waals surface area contributed by atoms with E-state index in [-0.39, 0.29) is 11.4 Å². The molecule has 21 heavy (non-hydrogen) atoms. The maximum absolute atomic E-state index is 13.1. The maximum Gasteiger partial charge on any atom is 0.269 e. The van der Waals surface area contributed by atoms with Gasteiger partial charge in [-0.3, -0.25) is 4.79 Å². The smallest absolute Gasteiger partial charge is 0.269 e. The van der Waals surface area contributed by atoms with Gasteiger partial charge in [-0.25, -0.2) is 9.07 Å². The molecule has 1 saturated carbocycles. The second kappa shape index (κ2) is 5.68. The van der Waals surface area contributed by atoms with Crippen molar-refractivity contribution in [2.45, 2.75) is 26.3 Å². The normalized spacial score (nSPS) is 14.2. The summed E-state index contributed by atoms with van der Waals surface area (Å²) in [7, 11) is 0. The van der Waals surface area contributed by atoms with Crippen LogP contribution in [0, 0.1) is 18.7 Å². The van der Waals surface area contributed by atoms with Crippen molar-refractivity contribution in [1.29, 1.82) is 0 Å². The first kappa shape index (κ1) is 13.8. The van der Waals surface area contributed by atoms with Crippen molar-refractivity contribution in [2.75, 3.05) is 11.9 Å². The molecule has 0 bridgehead atoms. The van der Waals surface area contributed by atoms with E-state index in [1.165, 1.54) is 29.7 Å². The average Bonchev–Trinajstić information content (AvgIpc) is 3.26. The Morgan fingerprint density at radius 3 is 2.86 bits per heavy atom. The van der Waals surface area contributed by atoms with E-state index in [0.717, 1.165) is 29.3 Å². The molecule has 3 rings (SSSR count). The Balaban J connectivity index is 1.74. The molecule has 0 amide bonds. The van der Waals surface area contributed by atoms with Crippen molar-refractivity contribution in [1.82, 2.24) is 9.78 Å². The third-order valence-corrected chi connectivity index (χ3v) is 3.79. The van der Waals surface area contributed by atoms with Crippen molar-refractivity contribution < 1.29 is 4.39 Å². The van der Waals surface area contributed by atoms with Gasteiger partial charge in [0.1, 0.15) is 5.82 Å². The highest BCUT2D eigenvalue weighted by atomic mass is 19.1. The first-order valence-corrected chi connectivity index (χ1v) is 7.18. The molecule has 0 atom stereocenters. The van der Waals surface area contributed by atoms with Gasteiger partial charge < -0.3 is 5.32 Å². The third-order valence-electron chi connectivity index (χ3n) is 3.79. The van der Waals surface area contributed by atoms with E-state index in [4.69, 9.17) is 0 Å². The second-order valence-corrected chi connectivity index (χ2v) is 5.64. The number of benzene rings is 1. The minimum atomic E-state index is -0.267. The van der Waals surface area contributed by atoms with Gasteiger partial charge in [-0.05, 0) is 48.9 Å². The summed E-state index contributed by atoms with van der Waals surface area (Å²) in [6.07, 6.45) is 4.20. The molecule has 110 valence electrons. The predicted octanol–water partition coefficient (Wildman–Crippen LogP) is 2.56. The van der Waals surface area contributed by atoms with E-state index < -0.39 is 0 Å². The van der Waals surface area contributed by atoms with Crippen molar-refractivity contribution in [3.63, 3.8) is 0 Å². The van der Waals surface area contributed by atoms with Crippen LogP contribution < -0.4 is 10.9 Å². The van der Waals surface area contributed by atoms with Gasteiger partial charge in [-0.1, -0.05) is 6.07 Å². The molecule has 5 heteroatoms. The molecule has 0 spiro atoms. The molecule has 1 N–H and O–H groups in total. The predicted molar refractivity (Wildman–Crippen MR) is 79.9 cm³/mol. The summed E-state index contributed by atoms with van der Waals surface area (Å²) in [5, 5.41) is 7.42. The number of aryl methyl sites for hydroxylation is 1. The fourth-order valence-corrected chi connectivity index (χ4v) is 2.23. The molecule has 1 aromatic carbocycles. The SMILES string of the molecule is Cc1cc(F)ccc1Cn1ncc(NCC2CC2)cc1=O. The van der Waals surface area contributed by atoms with Gasteiger partial charge in [0.25, 0.3) is 5.56 Å². The molecule has 1 fully saturated rings. The van der Waals surface area contributed by atoms with Gasteiger partial charge in [0.05, 0.1) is 18.4 Å². The van der Waals surface area contributed by atoms with Crippen molar-refractivity contribution >= 4 is 5.69 Å². The Bertz CT molecular complexity index is 707. The van der Waals surface area contributed by atoms with Gasteiger partial charge in [0.2, 0.25) is 0 Å². The minimum Gasteiger partial charge on any atom is -0.383 e. The van der Waals surface area contributed by atoms with Crippen LogP contribution in [0.15, 0.2) is 35.3 Å². The molecule has 1 aliphatic rings.